The first-order valence-corrected chi connectivity index (χ1v) is 13.4. The SMILES string of the molecule is CCCCOc1ccc(N2CCN(S(=O)(=O)C3(C(=O)NO)CCN(C(=O)CC)CC3)CC2)cc1. The number of hydrogen-bond donors (Lipinski definition) is 2. The first-order valence-electron chi connectivity index (χ1n) is 12.0. The van der Waals surface area contributed by atoms with Crippen molar-refractivity contribution < 1.29 is 28.0 Å². The molecule has 190 valence electrons. The Morgan fingerprint density at radius 3 is 2.18 bits per heavy atom. The molecule has 0 atom stereocenters. The van der Waals surface area contributed by atoms with E-state index in [0.717, 1.165) is 24.3 Å². The molecule has 0 aliphatic carbocycles. The number of anilines is 1. The molecule has 11 heteroatoms. The monoisotopic (exact) mass is 496 g/mol. The predicted molar refractivity (Wildman–Crippen MR) is 128 cm³/mol. The summed E-state index contributed by atoms with van der Waals surface area (Å²) in [5, 5.41) is 9.33. The van der Waals surface area contributed by atoms with Gasteiger partial charge in [0.2, 0.25) is 15.9 Å². The molecule has 2 amide bonds. The van der Waals surface area contributed by atoms with Crippen LogP contribution < -0.4 is 15.1 Å². The largest absolute Gasteiger partial charge is 0.494 e. The normalized spacial score (nSPS) is 19.0. The molecule has 2 saturated heterocycles. The van der Waals surface area contributed by atoms with E-state index in [9.17, 15) is 23.2 Å². The molecule has 2 N–H and O–H groups in total. The van der Waals surface area contributed by atoms with Gasteiger partial charge in [-0.05, 0) is 43.5 Å². The Labute approximate surface area is 201 Å². The van der Waals surface area contributed by atoms with E-state index in [4.69, 9.17) is 4.74 Å². The lowest BCUT2D eigenvalue weighted by Gasteiger charge is -2.44. The van der Waals surface area contributed by atoms with Crippen molar-refractivity contribution in [2.75, 3.05) is 50.8 Å². The highest BCUT2D eigenvalue weighted by molar-refractivity contribution is 7.91. The summed E-state index contributed by atoms with van der Waals surface area (Å²) in [5.74, 6) is -0.203. The number of hydroxylamine groups is 1. The number of hydrogen-bond acceptors (Lipinski definition) is 7. The van der Waals surface area contributed by atoms with Gasteiger partial charge in [-0.15, -0.1) is 0 Å². The Balaban J connectivity index is 1.66. The minimum absolute atomic E-state index is 0.0484. The van der Waals surface area contributed by atoms with Crippen LogP contribution >= 0.6 is 0 Å². The molecule has 10 nitrogen and oxygen atoms in total. The first kappa shape index (κ1) is 26.2. The zero-order valence-electron chi connectivity index (χ0n) is 20.0. The van der Waals surface area contributed by atoms with Crippen molar-refractivity contribution in [2.45, 2.75) is 50.7 Å². The number of nitrogens with one attached hydrogen (secondary N) is 1. The van der Waals surface area contributed by atoms with Crippen LogP contribution in [0.2, 0.25) is 0 Å². The summed E-state index contributed by atoms with van der Waals surface area (Å²) in [6, 6.07) is 7.76. The zero-order valence-corrected chi connectivity index (χ0v) is 20.8. The third-order valence-electron chi connectivity index (χ3n) is 6.78. The first-order chi connectivity index (χ1) is 16.3. The average molecular weight is 497 g/mol. The predicted octanol–water partition coefficient (Wildman–Crippen LogP) is 1.59. The van der Waals surface area contributed by atoms with E-state index in [2.05, 4.69) is 11.8 Å². The number of unbranched alkanes of at least 4 members (excludes halogenated alkanes) is 1. The van der Waals surface area contributed by atoms with Gasteiger partial charge in [-0.1, -0.05) is 20.3 Å². The standard InChI is InChI=1S/C23H36N4O6S/c1-3-5-18-33-20-8-6-19(7-9-20)25-14-16-27(17-15-25)34(31,32)23(22(29)24-30)10-12-26(13-11-23)21(28)4-2/h6-9,30H,3-5,10-18H2,1-2H3,(H,24,29). The van der Waals surface area contributed by atoms with Crippen molar-refractivity contribution in [1.29, 1.82) is 0 Å². The molecule has 2 aliphatic heterocycles. The van der Waals surface area contributed by atoms with Gasteiger partial charge in [-0.3, -0.25) is 14.8 Å². The number of amides is 2. The molecule has 0 radical (unpaired) electrons. The van der Waals surface area contributed by atoms with Gasteiger partial charge in [0.1, 0.15) is 5.75 Å². The van der Waals surface area contributed by atoms with Crippen LogP contribution in [0.4, 0.5) is 5.69 Å². The number of ether oxygens (including phenoxy) is 1. The third kappa shape index (κ3) is 5.31. The van der Waals surface area contributed by atoms with E-state index in [1.807, 2.05) is 24.3 Å². The van der Waals surface area contributed by atoms with Crippen molar-refractivity contribution in [3.8, 4) is 5.75 Å². The highest BCUT2D eigenvalue weighted by Crippen LogP contribution is 2.35. The number of piperazine rings is 1. The number of piperidine rings is 1. The number of carbonyl (C=O) groups is 2. The van der Waals surface area contributed by atoms with E-state index in [0.29, 0.717) is 26.1 Å². The summed E-state index contributed by atoms with van der Waals surface area (Å²) in [6.07, 6.45) is 2.29. The van der Waals surface area contributed by atoms with Crippen molar-refractivity contribution in [3.05, 3.63) is 24.3 Å². The lowest BCUT2D eigenvalue weighted by atomic mass is 9.94. The molecule has 2 fully saturated rings. The summed E-state index contributed by atoms with van der Waals surface area (Å²) in [5.41, 5.74) is 2.55. The number of carbonyl (C=O) groups excluding carboxylic acids is 2. The molecule has 3 rings (SSSR count). The van der Waals surface area contributed by atoms with Crippen LogP contribution in [0.1, 0.15) is 46.0 Å². The number of likely N-dealkylation sites (tertiary alicyclic amines) is 1. The molecule has 0 unspecified atom stereocenters. The number of nitrogens with zero attached hydrogens (tertiary/aromatic N) is 3. The Morgan fingerprint density at radius 2 is 1.65 bits per heavy atom. The van der Waals surface area contributed by atoms with Gasteiger partial charge < -0.3 is 14.5 Å². The fraction of sp³-hybridized carbons (Fsp3) is 0.652. The van der Waals surface area contributed by atoms with Crippen LogP contribution in [0.25, 0.3) is 0 Å². The van der Waals surface area contributed by atoms with E-state index >= 15 is 0 Å². The summed E-state index contributed by atoms with van der Waals surface area (Å²) in [6.45, 7) is 6.27. The summed E-state index contributed by atoms with van der Waals surface area (Å²) in [7, 11) is -4.06. The fourth-order valence-electron chi connectivity index (χ4n) is 4.57. The van der Waals surface area contributed by atoms with E-state index < -0.39 is 20.7 Å². The third-order valence-corrected chi connectivity index (χ3v) is 9.41. The van der Waals surface area contributed by atoms with Crippen LogP contribution in [-0.4, -0.2) is 85.3 Å². The van der Waals surface area contributed by atoms with Crippen LogP contribution in [0.15, 0.2) is 24.3 Å². The Hall–Kier alpha value is -2.37. The molecular formula is C23H36N4O6S. The molecular weight excluding hydrogens is 460 g/mol. The van der Waals surface area contributed by atoms with Gasteiger partial charge in [-0.2, -0.15) is 4.31 Å². The fourth-order valence-corrected chi connectivity index (χ4v) is 6.68. The Kier molecular flexibility index (Phi) is 8.78. The van der Waals surface area contributed by atoms with Crippen molar-refractivity contribution in [3.63, 3.8) is 0 Å². The van der Waals surface area contributed by atoms with Crippen LogP contribution in [0.3, 0.4) is 0 Å². The van der Waals surface area contributed by atoms with Gasteiger partial charge >= 0.3 is 0 Å². The van der Waals surface area contributed by atoms with Crippen LogP contribution in [0.5, 0.6) is 5.75 Å². The number of rotatable bonds is 9. The highest BCUT2D eigenvalue weighted by Gasteiger charge is 2.55. The van der Waals surface area contributed by atoms with Gasteiger partial charge in [0, 0.05) is 51.4 Å². The minimum Gasteiger partial charge on any atom is -0.494 e. The van der Waals surface area contributed by atoms with Crippen molar-refractivity contribution in [1.82, 2.24) is 14.7 Å². The topological polar surface area (TPSA) is 119 Å². The summed E-state index contributed by atoms with van der Waals surface area (Å²) in [4.78, 5) is 28.3. The molecule has 0 saturated carbocycles. The zero-order chi connectivity index (χ0) is 24.8. The summed E-state index contributed by atoms with van der Waals surface area (Å²) >= 11 is 0. The Bertz CT molecular complexity index is 937. The molecule has 0 aromatic heterocycles. The van der Waals surface area contributed by atoms with E-state index in [1.165, 1.54) is 4.31 Å². The quantitative estimate of drug-likeness (QED) is 0.303. The van der Waals surface area contributed by atoms with Crippen molar-refractivity contribution in [2.24, 2.45) is 0 Å². The molecule has 34 heavy (non-hydrogen) atoms. The van der Waals surface area contributed by atoms with Crippen molar-refractivity contribution >= 4 is 27.5 Å². The van der Waals surface area contributed by atoms with Gasteiger partial charge in [0.15, 0.2) is 4.75 Å². The molecule has 1 aromatic rings. The average Bonchev–Trinajstić information content (AvgIpc) is 2.88. The van der Waals surface area contributed by atoms with Crippen LogP contribution in [-0.2, 0) is 19.6 Å². The van der Waals surface area contributed by atoms with Gasteiger partial charge in [-0.25, -0.2) is 13.9 Å². The molecule has 0 spiro atoms. The second-order valence-electron chi connectivity index (χ2n) is 8.76. The highest BCUT2D eigenvalue weighted by atomic mass is 32.2. The van der Waals surface area contributed by atoms with Crippen LogP contribution in [0, 0.1) is 0 Å². The molecule has 2 aliphatic rings. The second-order valence-corrected chi connectivity index (χ2v) is 11.0. The maximum Gasteiger partial charge on any atom is 0.266 e. The maximum atomic E-state index is 13.6. The summed E-state index contributed by atoms with van der Waals surface area (Å²) < 4.78 is 32.5. The smallest absolute Gasteiger partial charge is 0.266 e. The maximum absolute atomic E-state index is 13.6. The van der Waals surface area contributed by atoms with Gasteiger partial charge in [0.25, 0.3) is 5.91 Å². The number of benzene rings is 1. The van der Waals surface area contributed by atoms with Gasteiger partial charge in [0.05, 0.1) is 6.61 Å². The minimum atomic E-state index is -4.06. The van der Waals surface area contributed by atoms with E-state index in [-0.39, 0.29) is 44.9 Å². The number of sulfonamides is 1. The molecule has 0 bridgehead atoms. The Morgan fingerprint density at radius 1 is 1.03 bits per heavy atom. The second kappa shape index (κ2) is 11.4. The molecule has 1 aromatic carbocycles. The van der Waals surface area contributed by atoms with E-state index in [1.54, 1.807) is 17.3 Å². The lowest BCUT2D eigenvalue weighted by Crippen LogP contribution is -2.64. The molecule has 2 heterocycles. The lowest BCUT2D eigenvalue weighted by molar-refractivity contribution is -0.137.